The maximum atomic E-state index is 10.1. The monoisotopic (exact) mass is 294 g/mol. The van der Waals surface area contributed by atoms with Crippen molar-refractivity contribution in [3.8, 4) is 0 Å². The molecule has 0 amide bonds. The summed E-state index contributed by atoms with van der Waals surface area (Å²) in [5.74, 6) is 0. The van der Waals surface area contributed by atoms with Crippen LogP contribution in [0.15, 0.2) is 35.7 Å². The first-order chi connectivity index (χ1) is 9.15. The molecule has 2 aromatic rings. The minimum absolute atomic E-state index is 0.305. The van der Waals surface area contributed by atoms with Crippen LogP contribution in [0.2, 0.25) is 5.02 Å². The molecule has 3 heteroatoms. The normalized spacial score (nSPS) is 12.6. The average molecular weight is 295 g/mol. The van der Waals surface area contributed by atoms with Gasteiger partial charge in [-0.1, -0.05) is 29.8 Å². The SMILES string of the molecule is Cc1ccc(CC(O)CCCc2cccs2)c(Cl)c1. The zero-order valence-corrected chi connectivity index (χ0v) is 12.7. The largest absolute Gasteiger partial charge is 0.393 e. The van der Waals surface area contributed by atoms with Gasteiger partial charge in [-0.25, -0.2) is 0 Å². The number of aliphatic hydroxyl groups excluding tert-OH is 1. The molecule has 102 valence electrons. The van der Waals surface area contributed by atoms with Crippen LogP contribution in [0.3, 0.4) is 0 Å². The third-order valence-electron chi connectivity index (χ3n) is 3.20. The summed E-state index contributed by atoms with van der Waals surface area (Å²) in [4.78, 5) is 1.39. The van der Waals surface area contributed by atoms with Crippen LogP contribution in [-0.2, 0) is 12.8 Å². The molecule has 0 aliphatic rings. The Hall–Kier alpha value is -0.830. The fraction of sp³-hybridized carbons (Fsp3) is 0.375. The Labute approximate surface area is 123 Å². The van der Waals surface area contributed by atoms with E-state index in [9.17, 15) is 5.11 Å². The molecule has 1 nitrogen and oxygen atoms in total. The zero-order valence-electron chi connectivity index (χ0n) is 11.1. The molecule has 1 aromatic carbocycles. The Morgan fingerprint density at radius 1 is 1.32 bits per heavy atom. The molecule has 2 rings (SSSR count). The quantitative estimate of drug-likeness (QED) is 0.823. The van der Waals surface area contributed by atoms with E-state index in [-0.39, 0.29) is 6.10 Å². The second kappa shape index (κ2) is 7.09. The first kappa shape index (κ1) is 14.6. The smallest absolute Gasteiger partial charge is 0.0581 e. The number of thiophene rings is 1. The van der Waals surface area contributed by atoms with E-state index in [1.54, 1.807) is 11.3 Å². The predicted octanol–water partition coefficient (Wildman–Crippen LogP) is 4.64. The molecule has 19 heavy (non-hydrogen) atoms. The molecule has 0 aliphatic heterocycles. The van der Waals surface area contributed by atoms with Crippen molar-refractivity contribution in [1.29, 1.82) is 0 Å². The van der Waals surface area contributed by atoms with Crippen molar-refractivity contribution in [1.82, 2.24) is 0 Å². The van der Waals surface area contributed by atoms with E-state index < -0.39 is 0 Å². The van der Waals surface area contributed by atoms with Crippen molar-refractivity contribution in [2.45, 2.75) is 38.7 Å². The van der Waals surface area contributed by atoms with E-state index in [1.165, 1.54) is 4.88 Å². The minimum Gasteiger partial charge on any atom is -0.393 e. The second-order valence-electron chi connectivity index (χ2n) is 4.92. The summed E-state index contributed by atoms with van der Waals surface area (Å²) in [6.07, 6.45) is 3.23. The first-order valence-corrected chi connectivity index (χ1v) is 7.86. The molecule has 1 atom stereocenters. The molecule has 0 radical (unpaired) electrons. The molecule has 1 aromatic heterocycles. The number of hydrogen-bond donors (Lipinski definition) is 1. The molecule has 0 aliphatic carbocycles. The molecule has 0 saturated carbocycles. The lowest BCUT2D eigenvalue weighted by molar-refractivity contribution is 0.162. The van der Waals surface area contributed by atoms with Gasteiger partial charge in [0, 0.05) is 9.90 Å². The Morgan fingerprint density at radius 3 is 2.84 bits per heavy atom. The number of rotatable bonds is 6. The van der Waals surface area contributed by atoms with Crippen molar-refractivity contribution in [2.24, 2.45) is 0 Å². The molecular weight excluding hydrogens is 276 g/mol. The van der Waals surface area contributed by atoms with Gasteiger partial charge in [-0.15, -0.1) is 11.3 Å². The topological polar surface area (TPSA) is 20.2 Å². The summed E-state index contributed by atoms with van der Waals surface area (Å²) in [6.45, 7) is 2.02. The number of aryl methyl sites for hydroxylation is 2. The van der Waals surface area contributed by atoms with E-state index >= 15 is 0 Å². The fourth-order valence-electron chi connectivity index (χ4n) is 2.14. The Kier molecular flexibility index (Phi) is 5.44. The van der Waals surface area contributed by atoms with Gasteiger partial charge in [-0.2, -0.15) is 0 Å². The van der Waals surface area contributed by atoms with Crippen LogP contribution in [0, 0.1) is 6.92 Å². The Bertz CT molecular complexity index is 507. The molecule has 1 unspecified atom stereocenters. The molecule has 0 fully saturated rings. The van der Waals surface area contributed by atoms with E-state index in [4.69, 9.17) is 11.6 Å². The van der Waals surface area contributed by atoms with E-state index in [0.717, 1.165) is 35.4 Å². The van der Waals surface area contributed by atoms with Crippen LogP contribution < -0.4 is 0 Å². The van der Waals surface area contributed by atoms with Gasteiger partial charge in [0.05, 0.1) is 6.10 Å². The average Bonchev–Trinajstić information content (AvgIpc) is 2.86. The third kappa shape index (κ3) is 4.64. The fourth-order valence-corrected chi connectivity index (χ4v) is 3.20. The third-order valence-corrected chi connectivity index (χ3v) is 4.49. The highest BCUT2D eigenvalue weighted by Crippen LogP contribution is 2.20. The van der Waals surface area contributed by atoms with Gasteiger partial charge in [0.25, 0.3) is 0 Å². The minimum atomic E-state index is -0.305. The summed E-state index contributed by atoms with van der Waals surface area (Å²) in [5, 5.41) is 12.9. The highest BCUT2D eigenvalue weighted by molar-refractivity contribution is 7.09. The van der Waals surface area contributed by atoms with Crippen molar-refractivity contribution in [3.05, 3.63) is 56.7 Å². The lowest BCUT2D eigenvalue weighted by atomic mass is 10.0. The predicted molar refractivity (Wildman–Crippen MR) is 83.2 cm³/mol. The van der Waals surface area contributed by atoms with Crippen LogP contribution in [-0.4, -0.2) is 11.2 Å². The summed E-state index contributed by atoms with van der Waals surface area (Å²) < 4.78 is 0. The maximum absolute atomic E-state index is 10.1. The van der Waals surface area contributed by atoms with E-state index in [2.05, 4.69) is 17.5 Å². The van der Waals surface area contributed by atoms with Crippen molar-refractivity contribution in [2.75, 3.05) is 0 Å². The molecule has 1 heterocycles. The highest BCUT2D eigenvalue weighted by atomic mass is 35.5. The molecule has 1 N–H and O–H groups in total. The van der Waals surface area contributed by atoms with Crippen LogP contribution in [0.1, 0.15) is 28.8 Å². The van der Waals surface area contributed by atoms with Gasteiger partial charge in [0.15, 0.2) is 0 Å². The van der Waals surface area contributed by atoms with Crippen molar-refractivity contribution < 1.29 is 5.11 Å². The van der Waals surface area contributed by atoms with Gasteiger partial charge in [-0.05, 0) is 61.2 Å². The van der Waals surface area contributed by atoms with E-state index in [0.29, 0.717) is 6.42 Å². The van der Waals surface area contributed by atoms with Crippen LogP contribution in [0.25, 0.3) is 0 Å². The second-order valence-corrected chi connectivity index (χ2v) is 6.36. The van der Waals surface area contributed by atoms with Crippen LogP contribution in [0.5, 0.6) is 0 Å². The summed E-state index contributed by atoms with van der Waals surface area (Å²) in [7, 11) is 0. The van der Waals surface area contributed by atoms with Gasteiger partial charge >= 0.3 is 0 Å². The van der Waals surface area contributed by atoms with Crippen molar-refractivity contribution >= 4 is 22.9 Å². The number of hydrogen-bond acceptors (Lipinski definition) is 2. The lowest BCUT2D eigenvalue weighted by Crippen LogP contribution is -2.11. The molecular formula is C16H19ClOS. The zero-order chi connectivity index (χ0) is 13.7. The van der Waals surface area contributed by atoms with Crippen LogP contribution >= 0.6 is 22.9 Å². The number of benzene rings is 1. The Morgan fingerprint density at radius 2 is 2.16 bits per heavy atom. The van der Waals surface area contributed by atoms with Crippen LogP contribution in [0.4, 0.5) is 0 Å². The van der Waals surface area contributed by atoms with Gasteiger partial charge in [-0.3, -0.25) is 0 Å². The summed E-state index contributed by atoms with van der Waals surface area (Å²) >= 11 is 7.96. The molecule has 0 bridgehead atoms. The van der Waals surface area contributed by atoms with Gasteiger partial charge in [0.2, 0.25) is 0 Å². The van der Waals surface area contributed by atoms with E-state index in [1.807, 2.05) is 25.1 Å². The summed E-state index contributed by atoms with van der Waals surface area (Å²) in [5.41, 5.74) is 2.19. The van der Waals surface area contributed by atoms with Gasteiger partial charge < -0.3 is 5.11 Å². The lowest BCUT2D eigenvalue weighted by Gasteiger charge is -2.12. The highest BCUT2D eigenvalue weighted by Gasteiger charge is 2.09. The standard InChI is InChI=1S/C16H19ClOS/c1-12-7-8-13(16(17)10-12)11-14(18)4-2-5-15-6-3-9-19-15/h3,6-10,14,18H,2,4-5,11H2,1H3. The number of halogens is 1. The maximum Gasteiger partial charge on any atom is 0.0581 e. The molecule has 0 spiro atoms. The Balaban J connectivity index is 1.79. The molecule has 0 saturated heterocycles. The first-order valence-electron chi connectivity index (χ1n) is 6.60. The van der Waals surface area contributed by atoms with Crippen molar-refractivity contribution in [3.63, 3.8) is 0 Å². The summed E-state index contributed by atoms with van der Waals surface area (Å²) in [6, 6.07) is 10.2. The van der Waals surface area contributed by atoms with Gasteiger partial charge in [0.1, 0.15) is 0 Å². The number of aliphatic hydroxyl groups is 1.